The molecule has 0 aromatic heterocycles. The molecular weight excluding hydrogens is 308 g/mol. The van der Waals surface area contributed by atoms with Crippen molar-refractivity contribution in [3.8, 4) is 0 Å². The van der Waals surface area contributed by atoms with Gasteiger partial charge in [-0.25, -0.2) is 0 Å². The van der Waals surface area contributed by atoms with Crippen LogP contribution in [-0.4, -0.2) is 11.6 Å². The topological polar surface area (TPSA) is 55.4 Å². The molecule has 7 heteroatoms. The van der Waals surface area contributed by atoms with E-state index < -0.39 is 17.4 Å². The van der Waals surface area contributed by atoms with Crippen LogP contribution in [0.3, 0.4) is 0 Å². The highest BCUT2D eigenvalue weighted by Crippen LogP contribution is 2.58. The van der Waals surface area contributed by atoms with Crippen molar-refractivity contribution in [3.05, 3.63) is 35.9 Å². The molecule has 1 rings (SSSR count). The zero-order valence-electron chi connectivity index (χ0n) is 10.7. The Bertz CT molecular complexity index is 461. The second kappa shape index (κ2) is 7.41. The van der Waals surface area contributed by atoms with Crippen LogP contribution in [-0.2, 0) is 20.8 Å². The lowest BCUT2D eigenvalue weighted by molar-refractivity contribution is -0.119. The summed E-state index contributed by atoms with van der Waals surface area (Å²) in [5.41, 5.74) is 2.80. The molecule has 1 N–H and O–H groups in total. The van der Waals surface area contributed by atoms with Gasteiger partial charge in [-0.15, -0.1) is 0 Å². The monoisotopic (exact) mass is 323 g/mol. The lowest BCUT2D eigenvalue weighted by Gasteiger charge is -2.20. The van der Waals surface area contributed by atoms with Gasteiger partial charge in [0, 0.05) is 0 Å². The van der Waals surface area contributed by atoms with E-state index in [0.29, 0.717) is 0 Å². The van der Waals surface area contributed by atoms with E-state index >= 15 is 0 Å². The molecule has 0 aliphatic carbocycles. The minimum absolute atomic E-state index is 0.144. The molecule has 1 unspecified atom stereocenters. The van der Waals surface area contributed by atoms with Crippen LogP contribution in [0.2, 0.25) is 0 Å². The second-order valence-electron chi connectivity index (χ2n) is 4.41. The number of hydrogen-bond acceptors (Lipinski definition) is 4. The van der Waals surface area contributed by atoms with Crippen LogP contribution in [0.25, 0.3) is 0 Å². The number of hydroxylamine groups is 1. The smallest absolute Gasteiger partial charge is 0.296 e. The summed E-state index contributed by atoms with van der Waals surface area (Å²) in [5, 5.41) is 0. The maximum atomic E-state index is 11.8. The first-order valence-corrected chi connectivity index (χ1v) is 9.29. The average Bonchev–Trinajstić information content (AvgIpc) is 2.33. The highest BCUT2D eigenvalue weighted by Gasteiger charge is 2.35. The molecule has 0 heterocycles. The van der Waals surface area contributed by atoms with Gasteiger partial charge in [-0.1, -0.05) is 44.2 Å². The molecule has 0 amide bonds. The summed E-state index contributed by atoms with van der Waals surface area (Å²) in [6.45, 7) is 3.85. The number of carbonyl (C=O) groups is 1. The average molecular weight is 324 g/mol. The Kier molecular flexibility index (Phi) is 6.51. The van der Waals surface area contributed by atoms with Crippen molar-refractivity contribution in [2.75, 3.05) is 0 Å². The minimum atomic E-state index is -3.82. The highest BCUT2D eigenvalue weighted by molar-refractivity contribution is 8.19. The van der Waals surface area contributed by atoms with E-state index in [-0.39, 0.29) is 12.5 Å². The number of nitrogens with one attached hydrogen (secondary N) is 1. The van der Waals surface area contributed by atoms with E-state index in [4.69, 9.17) is 27.3 Å². The van der Waals surface area contributed by atoms with Crippen LogP contribution < -0.4 is 5.48 Å². The van der Waals surface area contributed by atoms with Crippen LogP contribution in [0, 0.1) is 5.92 Å². The lowest BCUT2D eigenvalue weighted by Crippen LogP contribution is -2.39. The Labute approximate surface area is 122 Å². The van der Waals surface area contributed by atoms with Gasteiger partial charge in [0.2, 0.25) is 5.52 Å². The summed E-state index contributed by atoms with van der Waals surface area (Å²) >= 11 is 10.8. The van der Waals surface area contributed by atoms with Gasteiger partial charge < -0.3 is 0 Å². The molecule has 19 heavy (non-hydrogen) atoms. The van der Waals surface area contributed by atoms with Crippen molar-refractivity contribution in [3.63, 3.8) is 0 Å². The largest absolute Gasteiger partial charge is 0.318 e. The quantitative estimate of drug-likeness (QED) is 0.610. The van der Waals surface area contributed by atoms with Crippen LogP contribution in [0.4, 0.5) is 0 Å². The Morgan fingerprint density at radius 3 is 2.37 bits per heavy atom. The molecule has 0 aliphatic heterocycles. The predicted octanol–water partition coefficient (Wildman–Crippen LogP) is 3.93. The Morgan fingerprint density at radius 2 is 1.89 bits per heavy atom. The molecular formula is C12H16Cl2NO3P. The van der Waals surface area contributed by atoms with E-state index in [9.17, 15) is 9.36 Å². The summed E-state index contributed by atoms with van der Waals surface area (Å²) in [4.78, 5) is 17.0. The third kappa shape index (κ3) is 5.64. The van der Waals surface area contributed by atoms with E-state index in [0.717, 1.165) is 5.56 Å². The molecule has 1 aromatic rings. The van der Waals surface area contributed by atoms with Gasteiger partial charge in [0.15, 0.2) is 0 Å². The third-order valence-corrected chi connectivity index (χ3v) is 4.27. The summed E-state index contributed by atoms with van der Waals surface area (Å²) in [5.74, 6) is -3.96. The predicted molar refractivity (Wildman–Crippen MR) is 77.3 cm³/mol. The van der Waals surface area contributed by atoms with Crippen molar-refractivity contribution in [1.29, 1.82) is 0 Å². The van der Waals surface area contributed by atoms with Gasteiger partial charge in [-0.05, 0) is 34.0 Å². The molecule has 0 saturated heterocycles. The minimum Gasteiger partial charge on any atom is -0.296 e. The van der Waals surface area contributed by atoms with Crippen molar-refractivity contribution in [2.45, 2.75) is 26.5 Å². The van der Waals surface area contributed by atoms with Crippen molar-refractivity contribution < 1.29 is 14.2 Å². The first kappa shape index (κ1) is 16.7. The molecule has 0 fully saturated rings. The fraction of sp³-hybridized carbons (Fsp3) is 0.417. The van der Waals surface area contributed by atoms with Crippen LogP contribution in [0.5, 0.6) is 0 Å². The van der Waals surface area contributed by atoms with Crippen LogP contribution in [0.1, 0.15) is 19.4 Å². The maximum absolute atomic E-state index is 11.8. The normalized spacial score (nSPS) is 13.5. The fourth-order valence-corrected chi connectivity index (χ4v) is 2.73. The van der Waals surface area contributed by atoms with E-state index in [2.05, 4.69) is 5.48 Å². The molecule has 0 saturated carbocycles. The number of hydrogen-bond donors (Lipinski definition) is 1. The Balaban J connectivity index is 2.56. The van der Waals surface area contributed by atoms with E-state index in [1.165, 1.54) is 0 Å². The molecule has 4 nitrogen and oxygen atoms in total. The van der Waals surface area contributed by atoms with Gasteiger partial charge in [0.05, 0.1) is 6.61 Å². The van der Waals surface area contributed by atoms with Crippen molar-refractivity contribution in [2.24, 2.45) is 5.92 Å². The molecule has 0 spiro atoms. The summed E-state index contributed by atoms with van der Waals surface area (Å²) < 4.78 is 11.4. The molecule has 1 atom stereocenters. The van der Waals surface area contributed by atoms with Crippen LogP contribution in [0.15, 0.2) is 30.3 Å². The van der Waals surface area contributed by atoms with Crippen LogP contribution >= 0.6 is 28.3 Å². The molecule has 0 bridgehead atoms. The number of halogens is 2. The third-order valence-electron chi connectivity index (χ3n) is 2.48. The number of benzene rings is 1. The van der Waals surface area contributed by atoms with Gasteiger partial charge >= 0.3 is 5.85 Å². The standard InChI is InChI=1S/C12H16Cl2NO3P/c1-9(2)11(12(16)19(13,14)17)15-18-8-10-6-4-3-5-7-10/h3-7,9,11,15H,8H2,1-2H3. The second-order valence-corrected chi connectivity index (χ2v) is 9.16. The first-order valence-electron chi connectivity index (χ1n) is 5.77. The van der Waals surface area contributed by atoms with Gasteiger partial charge in [-0.3, -0.25) is 14.2 Å². The van der Waals surface area contributed by atoms with Gasteiger partial charge in [0.1, 0.15) is 6.04 Å². The molecule has 1 aromatic carbocycles. The summed E-state index contributed by atoms with van der Waals surface area (Å²) in [7, 11) is 0. The number of rotatable bonds is 7. The van der Waals surface area contributed by atoms with E-state index in [1.807, 2.05) is 30.3 Å². The Hall–Kier alpha value is -0.380. The SMILES string of the molecule is CC(C)C(NOCc1ccccc1)C(=O)P(=O)(Cl)Cl. The lowest BCUT2D eigenvalue weighted by atomic mass is 10.1. The summed E-state index contributed by atoms with van der Waals surface area (Å²) in [6.07, 6.45) is 0. The van der Waals surface area contributed by atoms with Crippen molar-refractivity contribution in [1.82, 2.24) is 5.48 Å². The summed E-state index contributed by atoms with van der Waals surface area (Å²) in [6, 6.07) is 8.65. The highest BCUT2D eigenvalue weighted by atomic mass is 35.9. The first-order chi connectivity index (χ1) is 8.82. The maximum Gasteiger partial charge on any atom is 0.318 e. The zero-order valence-corrected chi connectivity index (χ0v) is 13.1. The zero-order chi connectivity index (χ0) is 14.5. The molecule has 106 valence electrons. The van der Waals surface area contributed by atoms with Gasteiger partial charge in [-0.2, -0.15) is 5.48 Å². The van der Waals surface area contributed by atoms with E-state index in [1.54, 1.807) is 13.8 Å². The van der Waals surface area contributed by atoms with Crippen molar-refractivity contribution >= 4 is 33.9 Å². The van der Waals surface area contributed by atoms with Gasteiger partial charge in [0.25, 0.3) is 0 Å². The molecule has 0 radical (unpaired) electrons. The Morgan fingerprint density at radius 1 is 1.32 bits per heavy atom. The number of carbonyl (C=O) groups excluding carboxylic acids is 1. The fourth-order valence-electron chi connectivity index (χ4n) is 1.42. The molecule has 0 aliphatic rings.